The topological polar surface area (TPSA) is 82.2 Å². The first-order valence-corrected chi connectivity index (χ1v) is 6.75. The molecule has 20 heavy (non-hydrogen) atoms. The zero-order chi connectivity index (χ0) is 14.7. The van der Waals surface area contributed by atoms with E-state index in [4.69, 9.17) is 4.74 Å². The number of aryl methyl sites for hydroxylation is 2. The lowest BCUT2D eigenvalue weighted by atomic mass is 10.1. The predicted molar refractivity (Wildman–Crippen MR) is 73.6 cm³/mol. The predicted octanol–water partition coefficient (Wildman–Crippen LogP) is 0.563. The second kappa shape index (κ2) is 6.19. The third kappa shape index (κ3) is 3.67. The number of hydrogen-bond acceptors (Lipinski definition) is 5. The summed E-state index contributed by atoms with van der Waals surface area (Å²) in [4.78, 5) is 11.7. The van der Waals surface area contributed by atoms with E-state index in [-0.39, 0.29) is 13.0 Å². The number of aliphatic hydroxyl groups is 1. The number of carbonyl (C=O) groups is 1. The highest BCUT2D eigenvalue weighted by atomic mass is 79.9. The fraction of sp³-hybridized carbons (Fsp3) is 0.417. The molecule has 0 aliphatic heterocycles. The Labute approximate surface area is 124 Å². The van der Waals surface area contributed by atoms with Gasteiger partial charge in [-0.15, -0.1) is 0 Å². The maximum Gasteiger partial charge on any atom is 0.335 e. The SMILES string of the molecule is Cn1cc(CC(O)C(=O)OCc2cn(C)nc2Br)cn1. The number of halogens is 1. The highest BCUT2D eigenvalue weighted by molar-refractivity contribution is 9.10. The number of rotatable bonds is 5. The molecule has 108 valence electrons. The van der Waals surface area contributed by atoms with Crippen LogP contribution in [0.3, 0.4) is 0 Å². The minimum absolute atomic E-state index is 0.0668. The van der Waals surface area contributed by atoms with Gasteiger partial charge in [0.15, 0.2) is 6.10 Å². The van der Waals surface area contributed by atoms with Crippen LogP contribution in [0.5, 0.6) is 0 Å². The number of esters is 1. The fourth-order valence-electron chi connectivity index (χ4n) is 1.74. The molecule has 0 amide bonds. The van der Waals surface area contributed by atoms with Crippen LogP contribution >= 0.6 is 15.9 Å². The zero-order valence-electron chi connectivity index (χ0n) is 11.2. The molecule has 0 aromatic carbocycles. The molecule has 0 saturated carbocycles. The molecule has 2 aromatic rings. The van der Waals surface area contributed by atoms with Crippen molar-refractivity contribution >= 4 is 21.9 Å². The Balaban J connectivity index is 1.86. The molecule has 0 aliphatic carbocycles. The Morgan fingerprint density at radius 2 is 2.20 bits per heavy atom. The third-order valence-corrected chi connectivity index (χ3v) is 3.35. The van der Waals surface area contributed by atoms with E-state index in [2.05, 4.69) is 26.1 Å². The lowest BCUT2D eigenvalue weighted by Gasteiger charge is -2.09. The van der Waals surface area contributed by atoms with Crippen molar-refractivity contribution in [3.63, 3.8) is 0 Å². The largest absolute Gasteiger partial charge is 0.459 e. The van der Waals surface area contributed by atoms with Gasteiger partial charge in [-0.2, -0.15) is 10.2 Å². The van der Waals surface area contributed by atoms with Crippen LogP contribution in [0.1, 0.15) is 11.1 Å². The van der Waals surface area contributed by atoms with Gasteiger partial charge in [0, 0.05) is 38.5 Å². The van der Waals surface area contributed by atoms with Crippen molar-refractivity contribution in [2.24, 2.45) is 14.1 Å². The summed E-state index contributed by atoms with van der Waals surface area (Å²) in [6.07, 6.45) is 4.07. The molecule has 0 radical (unpaired) electrons. The van der Waals surface area contributed by atoms with Gasteiger partial charge in [0.25, 0.3) is 0 Å². The summed E-state index contributed by atoms with van der Waals surface area (Å²) in [7, 11) is 3.54. The highest BCUT2D eigenvalue weighted by Crippen LogP contribution is 2.15. The molecule has 2 rings (SSSR count). The van der Waals surface area contributed by atoms with E-state index in [1.54, 1.807) is 42.0 Å². The Bertz CT molecular complexity index is 608. The van der Waals surface area contributed by atoms with Crippen LogP contribution in [0, 0.1) is 0 Å². The van der Waals surface area contributed by atoms with Crippen LogP contribution in [0.4, 0.5) is 0 Å². The maximum atomic E-state index is 11.7. The zero-order valence-corrected chi connectivity index (χ0v) is 12.7. The first-order chi connectivity index (χ1) is 9.45. The second-order valence-corrected chi connectivity index (χ2v) is 5.22. The van der Waals surface area contributed by atoms with E-state index >= 15 is 0 Å². The number of carbonyl (C=O) groups excluding carboxylic acids is 1. The average Bonchev–Trinajstić information content (AvgIpc) is 2.92. The van der Waals surface area contributed by atoms with Gasteiger partial charge >= 0.3 is 5.97 Å². The minimum atomic E-state index is -1.20. The van der Waals surface area contributed by atoms with Crippen molar-refractivity contribution in [1.82, 2.24) is 19.6 Å². The van der Waals surface area contributed by atoms with Gasteiger partial charge in [-0.25, -0.2) is 4.79 Å². The maximum absolute atomic E-state index is 11.7. The van der Waals surface area contributed by atoms with E-state index in [1.807, 2.05) is 0 Å². The van der Waals surface area contributed by atoms with Crippen LogP contribution in [-0.2, 0) is 36.7 Å². The Morgan fingerprint density at radius 1 is 1.45 bits per heavy atom. The fourth-order valence-corrected chi connectivity index (χ4v) is 2.20. The van der Waals surface area contributed by atoms with Crippen molar-refractivity contribution in [3.8, 4) is 0 Å². The van der Waals surface area contributed by atoms with Crippen LogP contribution < -0.4 is 0 Å². The molecule has 1 atom stereocenters. The van der Waals surface area contributed by atoms with Crippen LogP contribution in [0.2, 0.25) is 0 Å². The summed E-state index contributed by atoms with van der Waals surface area (Å²) in [6, 6.07) is 0. The molecule has 2 aromatic heterocycles. The van der Waals surface area contributed by atoms with Crippen molar-refractivity contribution in [3.05, 3.63) is 34.3 Å². The van der Waals surface area contributed by atoms with Gasteiger partial charge in [-0.05, 0) is 21.5 Å². The molecule has 2 heterocycles. The van der Waals surface area contributed by atoms with Crippen molar-refractivity contribution in [1.29, 1.82) is 0 Å². The first kappa shape index (κ1) is 14.7. The van der Waals surface area contributed by atoms with Gasteiger partial charge in [0.1, 0.15) is 11.2 Å². The van der Waals surface area contributed by atoms with Crippen molar-refractivity contribution in [2.45, 2.75) is 19.1 Å². The van der Waals surface area contributed by atoms with E-state index in [0.717, 1.165) is 11.1 Å². The lowest BCUT2D eigenvalue weighted by Crippen LogP contribution is -2.25. The summed E-state index contributed by atoms with van der Waals surface area (Å²) in [5, 5.41) is 17.8. The summed E-state index contributed by atoms with van der Waals surface area (Å²) in [5.74, 6) is -0.662. The molecule has 1 N–H and O–H groups in total. The van der Waals surface area contributed by atoms with Gasteiger partial charge in [-0.3, -0.25) is 9.36 Å². The molecular formula is C12H15BrN4O3. The number of aliphatic hydroxyl groups excluding tert-OH is 1. The minimum Gasteiger partial charge on any atom is -0.459 e. The molecule has 0 aliphatic rings. The van der Waals surface area contributed by atoms with Crippen molar-refractivity contribution < 1.29 is 14.6 Å². The monoisotopic (exact) mass is 342 g/mol. The molecule has 0 fully saturated rings. The summed E-state index contributed by atoms with van der Waals surface area (Å²) in [5.41, 5.74) is 1.52. The van der Waals surface area contributed by atoms with E-state index < -0.39 is 12.1 Å². The smallest absolute Gasteiger partial charge is 0.335 e. The summed E-state index contributed by atoms with van der Waals surface area (Å²) in [6.45, 7) is 0.0668. The molecule has 0 bridgehead atoms. The average molecular weight is 343 g/mol. The Hall–Kier alpha value is -1.67. The van der Waals surface area contributed by atoms with Gasteiger partial charge in [-0.1, -0.05) is 0 Å². The van der Waals surface area contributed by atoms with Gasteiger partial charge in [0.05, 0.1) is 6.20 Å². The quantitative estimate of drug-likeness (QED) is 0.803. The summed E-state index contributed by atoms with van der Waals surface area (Å²) >= 11 is 3.26. The molecule has 7 nitrogen and oxygen atoms in total. The van der Waals surface area contributed by atoms with Crippen LogP contribution in [0.15, 0.2) is 23.2 Å². The number of nitrogens with zero attached hydrogens (tertiary/aromatic N) is 4. The molecule has 1 unspecified atom stereocenters. The molecule has 8 heteroatoms. The molecular weight excluding hydrogens is 328 g/mol. The normalized spacial score (nSPS) is 12.4. The second-order valence-electron chi connectivity index (χ2n) is 4.47. The van der Waals surface area contributed by atoms with Gasteiger partial charge in [0.2, 0.25) is 0 Å². The number of hydrogen-bond donors (Lipinski definition) is 1. The van der Waals surface area contributed by atoms with Gasteiger partial charge < -0.3 is 9.84 Å². The van der Waals surface area contributed by atoms with Crippen molar-refractivity contribution in [2.75, 3.05) is 0 Å². The van der Waals surface area contributed by atoms with E-state index in [9.17, 15) is 9.90 Å². The van der Waals surface area contributed by atoms with E-state index in [1.165, 1.54) is 0 Å². The Kier molecular flexibility index (Phi) is 4.56. The van der Waals surface area contributed by atoms with Crippen LogP contribution in [0.25, 0.3) is 0 Å². The number of ether oxygens (including phenoxy) is 1. The number of aromatic nitrogens is 4. The third-order valence-electron chi connectivity index (χ3n) is 2.68. The molecule has 0 spiro atoms. The highest BCUT2D eigenvalue weighted by Gasteiger charge is 2.19. The van der Waals surface area contributed by atoms with Crippen LogP contribution in [-0.4, -0.2) is 36.7 Å². The molecule has 0 saturated heterocycles. The lowest BCUT2D eigenvalue weighted by molar-refractivity contribution is -0.154. The van der Waals surface area contributed by atoms with E-state index in [0.29, 0.717) is 4.60 Å². The summed E-state index contributed by atoms with van der Waals surface area (Å²) < 4.78 is 8.91. The Morgan fingerprint density at radius 3 is 2.75 bits per heavy atom. The standard InChI is InChI=1S/C12H15BrN4O3/c1-16-5-8(4-14-16)3-10(18)12(19)20-7-9-6-17(2)15-11(9)13/h4-6,10,18H,3,7H2,1-2H3. The first-order valence-electron chi connectivity index (χ1n) is 5.96.